The predicted octanol–water partition coefficient (Wildman–Crippen LogP) is 2.56. The summed E-state index contributed by atoms with van der Waals surface area (Å²) >= 11 is 0. The lowest BCUT2D eigenvalue weighted by atomic mass is 10.1. The molecule has 0 aliphatic rings. The highest BCUT2D eigenvalue weighted by molar-refractivity contribution is 5.63. The summed E-state index contributed by atoms with van der Waals surface area (Å²) in [7, 11) is 1.73. The van der Waals surface area contributed by atoms with Crippen molar-refractivity contribution in [3.63, 3.8) is 0 Å². The zero-order valence-corrected chi connectivity index (χ0v) is 10.7. The van der Waals surface area contributed by atoms with Crippen LogP contribution in [0.4, 0.5) is 5.69 Å². The van der Waals surface area contributed by atoms with Crippen molar-refractivity contribution >= 4 is 5.69 Å². The number of anilines is 1. The lowest BCUT2D eigenvalue weighted by Gasteiger charge is -2.01. The Balaban J connectivity index is 1.95. The lowest BCUT2D eigenvalue weighted by Crippen LogP contribution is -1.99. The molecule has 0 spiro atoms. The first kappa shape index (κ1) is 12.6. The van der Waals surface area contributed by atoms with Gasteiger partial charge in [0.15, 0.2) is 0 Å². The molecule has 0 aliphatic carbocycles. The van der Waals surface area contributed by atoms with Crippen LogP contribution < -0.4 is 5.73 Å². The van der Waals surface area contributed by atoms with Crippen molar-refractivity contribution in [3.8, 4) is 11.1 Å². The van der Waals surface area contributed by atoms with Gasteiger partial charge in [-0.2, -0.15) is 5.10 Å². The van der Waals surface area contributed by atoms with Crippen LogP contribution in [0.25, 0.3) is 11.1 Å². The lowest BCUT2D eigenvalue weighted by molar-refractivity contribution is 0.191. The summed E-state index contributed by atoms with van der Waals surface area (Å²) in [5, 5.41) is 4.36. The Bertz CT molecular complexity index is 476. The van der Waals surface area contributed by atoms with Crippen LogP contribution in [0.1, 0.15) is 12.8 Å². The molecule has 4 nitrogen and oxygen atoms in total. The van der Waals surface area contributed by atoms with E-state index < -0.39 is 0 Å². The number of hydrogen-bond acceptors (Lipinski definition) is 3. The van der Waals surface area contributed by atoms with Crippen LogP contribution in [-0.2, 0) is 11.3 Å². The molecule has 0 amide bonds. The van der Waals surface area contributed by atoms with Gasteiger partial charge in [-0.1, -0.05) is 12.1 Å². The fourth-order valence-electron chi connectivity index (χ4n) is 1.83. The molecule has 2 N–H and O–H groups in total. The van der Waals surface area contributed by atoms with Crippen LogP contribution in [0.5, 0.6) is 0 Å². The van der Waals surface area contributed by atoms with E-state index in [1.165, 1.54) is 0 Å². The predicted molar refractivity (Wildman–Crippen MR) is 73.2 cm³/mol. The third-order valence-corrected chi connectivity index (χ3v) is 2.86. The van der Waals surface area contributed by atoms with Crippen molar-refractivity contribution in [1.29, 1.82) is 0 Å². The summed E-state index contributed by atoms with van der Waals surface area (Å²) in [4.78, 5) is 0. The van der Waals surface area contributed by atoms with Crippen molar-refractivity contribution in [2.24, 2.45) is 0 Å². The highest BCUT2D eigenvalue weighted by Gasteiger charge is 2.01. The van der Waals surface area contributed by atoms with E-state index in [0.29, 0.717) is 0 Å². The third-order valence-electron chi connectivity index (χ3n) is 2.86. The van der Waals surface area contributed by atoms with Gasteiger partial charge in [-0.25, -0.2) is 0 Å². The van der Waals surface area contributed by atoms with Crippen LogP contribution in [-0.4, -0.2) is 23.5 Å². The monoisotopic (exact) mass is 245 g/mol. The number of aromatic nitrogens is 2. The largest absolute Gasteiger partial charge is 0.399 e. The Labute approximate surface area is 107 Å². The van der Waals surface area contributed by atoms with Crippen molar-refractivity contribution in [2.45, 2.75) is 19.4 Å². The molecule has 2 rings (SSSR count). The number of rotatable bonds is 6. The van der Waals surface area contributed by atoms with Gasteiger partial charge in [0.1, 0.15) is 0 Å². The fourth-order valence-corrected chi connectivity index (χ4v) is 1.83. The first-order chi connectivity index (χ1) is 8.79. The number of nitrogens with two attached hydrogens (primary N) is 1. The minimum atomic E-state index is 0.783. The minimum absolute atomic E-state index is 0.783. The molecule has 0 fully saturated rings. The molecule has 1 aromatic carbocycles. The summed E-state index contributed by atoms with van der Waals surface area (Å²) in [5.74, 6) is 0. The number of hydrogen-bond donors (Lipinski definition) is 1. The number of nitrogens with zero attached hydrogens (tertiary/aromatic N) is 2. The highest BCUT2D eigenvalue weighted by Crippen LogP contribution is 2.19. The minimum Gasteiger partial charge on any atom is -0.399 e. The zero-order valence-electron chi connectivity index (χ0n) is 10.7. The zero-order chi connectivity index (χ0) is 12.8. The van der Waals surface area contributed by atoms with Crippen LogP contribution in [0.2, 0.25) is 0 Å². The molecular formula is C14H19N3O. The molecule has 0 bridgehead atoms. The summed E-state index contributed by atoms with van der Waals surface area (Å²) in [6.07, 6.45) is 6.10. The van der Waals surface area contributed by atoms with Gasteiger partial charge in [-0.3, -0.25) is 4.68 Å². The quantitative estimate of drug-likeness (QED) is 0.628. The normalized spacial score (nSPS) is 10.7. The van der Waals surface area contributed by atoms with E-state index in [2.05, 4.69) is 11.3 Å². The van der Waals surface area contributed by atoms with Gasteiger partial charge in [0.05, 0.1) is 6.20 Å². The van der Waals surface area contributed by atoms with E-state index in [-0.39, 0.29) is 0 Å². The molecule has 4 heteroatoms. The molecule has 0 radical (unpaired) electrons. The Morgan fingerprint density at radius 1 is 1.17 bits per heavy atom. The SMILES string of the molecule is COCCCCn1cc(-c2ccc(N)cc2)cn1. The van der Waals surface area contributed by atoms with Gasteiger partial charge >= 0.3 is 0 Å². The Kier molecular flexibility index (Phi) is 4.36. The van der Waals surface area contributed by atoms with Crippen molar-refractivity contribution in [1.82, 2.24) is 9.78 Å². The van der Waals surface area contributed by atoms with E-state index in [9.17, 15) is 0 Å². The smallest absolute Gasteiger partial charge is 0.0568 e. The molecule has 1 aromatic heterocycles. The second-order valence-corrected chi connectivity index (χ2v) is 4.31. The van der Waals surface area contributed by atoms with Gasteiger partial charge in [0, 0.05) is 37.7 Å². The van der Waals surface area contributed by atoms with Crippen molar-refractivity contribution < 1.29 is 4.74 Å². The maximum absolute atomic E-state index is 5.67. The molecule has 0 atom stereocenters. The van der Waals surface area contributed by atoms with Crippen LogP contribution in [0.3, 0.4) is 0 Å². The first-order valence-corrected chi connectivity index (χ1v) is 6.17. The number of methoxy groups -OCH3 is 1. The van der Waals surface area contributed by atoms with Gasteiger partial charge in [-0.05, 0) is 30.5 Å². The van der Waals surface area contributed by atoms with Crippen molar-refractivity contribution in [2.75, 3.05) is 19.5 Å². The number of ether oxygens (including phenoxy) is 1. The van der Waals surface area contributed by atoms with E-state index in [1.54, 1.807) is 7.11 Å². The van der Waals surface area contributed by atoms with E-state index in [4.69, 9.17) is 10.5 Å². The average molecular weight is 245 g/mol. The van der Waals surface area contributed by atoms with Gasteiger partial charge in [0.2, 0.25) is 0 Å². The summed E-state index contributed by atoms with van der Waals surface area (Å²) in [5.41, 5.74) is 8.73. The molecule has 0 aliphatic heterocycles. The molecule has 96 valence electrons. The van der Waals surface area contributed by atoms with E-state index in [1.807, 2.05) is 35.1 Å². The van der Waals surface area contributed by atoms with Gasteiger partial charge in [0.25, 0.3) is 0 Å². The number of nitrogen functional groups attached to an aromatic ring is 1. The summed E-state index contributed by atoms with van der Waals surface area (Å²) < 4.78 is 7.00. The fraction of sp³-hybridized carbons (Fsp3) is 0.357. The highest BCUT2D eigenvalue weighted by atomic mass is 16.5. The average Bonchev–Trinajstić information content (AvgIpc) is 2.84. The number of aryl methyl sites for hydroxylation is 1. The van der Waals surface area contributed by atoms with Crippen molar-refractivity contribution in [3.05, 3.63) is 36.7 Å². The molecule has 0 unspecified atom stereocenters. The number of benzene rings is 1. The molecular weight excluding hydrogens is 226 g/mol. The molecule has 0 saturated heterocycles. The maximum Gasteiger partial charge on any atom is 0.0568 e. The van der Waals surface area contributed by atoms with Crippen LogP contribution in [0.15, 0.2) is 36.7 Å². The van der Waals surface area contributed by atoms with Crippen LogP contribution >= 0.6 is 0 Å². The van der Waals surface area contributed by atoms with Crippen LogP contribution in [0, 0.1) is 0 Å². The second kappa shape index (κ2) is 6.21. The maximum atomic E-state index is 5.67. The second-order valence-electron chi connectivity index (χ2n) is 4.31. The van der Waals surface area contributed by atoms with Gasteiger partial charge < -0.3 is 10.5 Å². The van der Waals surface area contributed by atoms with Gasteiger partial charge in [-0.15, -0.1) is 0 Å². The first-order valence-electron chi connectivity index (χ1n) is 6.17. The summed E-state index contributed by atoms with van der Waals surface area (Å²) in [6, 6.07) is 7.85. The Hall–Kier alpha value is -1.81. The molecule has 2 aromatic rings. The molecule has 18 heavy (non-hydrogen) atoms. The summed E-state index contributed by atoms with van der Waals surface area (Å²) in [6.45, 7) is 1.74. The molecule has 1 heterocycles. The Morgan fingerprint density at radius 3 is 2.67 bits per heavy atom. The topological polar surface area (TPSA) is 53.1 Å². The molecule has 0 saturated carbocycles. The third kappa shape index (κ3) is 3.34. The van der Waals surface area contributed by atoms with E-state index in [0.717, 1.165) is 42.8 Å². The van der Waals surface area contributed by atoms with E-state index >= 15 is 0 Å². The standard InChI is InChI=1S/C14H19N3O/c1-18-9-3-2-8-17-11-13(10-16-17)12-4-6-14(15)7-5-12/h4-7,10-11H,2-3,8-9,15H2,1H3. The number of unbranched alkanes of at least 4 members (excludes halogenated alkanes) is 1. The Morgan fingerprint density at radius 2 is 1.94 bits per heavy atom.